The molecular weight excluding hydrogens is 313 g/mol. The van der Waals surface area contributed by atoms with E-state index in [1.165, 1.54) is 29.5 Å². The molecule has 3 nitrogen and oxygen atoms in total. The van der Waals surface area contributed by atoms with Crippen LogP contribution in [0.4, 0.5) is 13.2 Å². The molecule has 0 radical (unpaired) electrons. The Labute approximate surface area is 130 Å². The number of aromatic nitrogens is 1. The second-order valence-corrected chi connectivity index (χ2v) is 6.08. The van der Waals surface area contributed by atoms with E-state index in [0.717, 1.165) is 21.6 Å². The Bertz CT molecular complexity index is 680. The molecule has 0 bridgehead atoms. The van der Waals surface area contributed by atoms with Gasteiger partial charge in [0.15, 0.2) is 0 Å². The van der Waals surface area contributed by atoms with E-state index in [9.17, 15) is 18.0 Å². The molecule has 118 valence electrons. The van der Waals surface area contributed by atoms with Crippen molar-refractivity contribution in [2.75, 3.05) is 6.54 Å². The predicted molar refractivity (Wildman–Crippen MR) is 79.1 cm³/mol. The Morgan fingerprint density at radius 1 is 1.27 bits per heavy atom. The lowest BCUT2D eigenvalue weighted by atomic mass is 10.1. The van der Waals surface area contributed by atoms with E-state index < -0.39 is 17.6 Å². The van der Waals surface area contributed by atoms with Crippen LogP contribution in [0.5, 0.6) is 0 Å². The molecule has 22 heavy (non-hydrogen) atoms. The maximum Gasteiger partial charge on any atom is 0.417 e. The highest BCUT2D eigenvalue weighted by Gasteiger charge is 2.34. The summed E-state index contributed by atoms with van der Waals surface area (Å²) in [6, 6.07) is 4.77. The zero-order valence-corrected chi connectivity index (χ0v) is 12.9. The number of amides is 1. The second kappa shape index (κ2) is 6.48. The van der Waals surface area contributed by atoms with Gasteiger partial charge in [0.05, 0.1) is 21.8 Å². The number of rotatable bonds is 4. The Morgan fingerprint density at radius 2 is 1.95 bits per heavy atom. The van der Waals surface area contributed by atoms with Crippen molar-refractivity contribution in [3.8, 4) is 0 Å². The lowest BCUT2D eigenvalue weighted by Gasteiger charge is -2.12. The van der Waals surface area contributed by atoms with Crippen LogP contribution < -0.4 is 5.32 Å². The van der Waals surface area contributed by atoms with Gasteiger partial charge in [-0.25, -0.2) is 4.98 Å². The van der Waals surface area contributed by atoms with Crippen molar-refractivity contribution in [1.29, 1.82) is 0 Å². The molecule has 7 heteroatoms. The summed E-state index contributed by atoms with van der Waals surface area (Å²) >= 11 is 1.53. The van der Waals surface area contributed by atoms with Gasteiger partial charge in [-0.1, -0.05) is 12.1 Å². The van der Waals surface area contributed by atoms with Gasteiger partial charge in [-0.15, -0.1) is 11.3 Å². The maximum atomic E-state index is 12.9. The molecule has 0 atom stereocenters. The van der Waals surface area contributed by atoms with E-state index in [-0.39, 0.29) is 12.1 Å². The monoisotopic (exact) mass is 328 g/mol. The summed E-state index contributed by atoms with van der Waals surface area (Å²) in [5.41, 5.74) is -0.378. The molecule has 1 amide bonds. The normalized spacial score (nSPS) is 11.5. The van der Waals surface area contributed by atoms with Crippen molar-refractivity contribution in [1.82, 2.24) is 10.3 Å². The minimum atomic E-state index is -4.54. The molecule has 0 aliphatic rings. The van der Waals surface area contributed by atoms with E-state index in [2.05, 4.69) is 10.3 Å². The quantitative estimate of drug-likeness (QED) is 0.929. The minimum absolute atomic E-state index is 0.271. The first kappa shape index (κ1) is 16.5. The van der Waals surface area contributed by atoms with Crippen LogP contribution in [0.15, 0.2) is 24.3 Å². The first-order valence-electron chi connectivity index (χ1n) is 6.66. The topological polar surface area (TPSA) is 42.0 Å². The Kier molecular flexibility index (Phi) is 4.85. The zero-order valence-electron chi connectivity index (χ0n) is 12.1. The van der Waals surface area contributed by atoms with Crippen molar-refractivity contribution in [2.24, 2.45) is 0 Å². The van der Waals surface area contributed by atoms with Crippen LogP contribution >= 0.6 is 11.3 Å². The van der Waals surface area contributed by atoms with Gasteiger partial charge in [0.1, 0.15) is 0 Å². The predicted octanol–water partition coefficient (Wildman–Crippen LogP) is 3.75. The first-order chi connectivity index (χ1) is 10.3. The fourth-order valence-corrected chi connectivity index (χ4v) is 3.06. The number of nitrogens with zero attached hydrogens (tertiary/aromatic N) is 1. The molecule has 0 fully saturated rings. The molecule has 0 unspecified atom stereocenters. The van der Waals surface area contributed by atoms with Crippen molar-refractivity contribution in [3.63, 3.8) is 0 Å². The summed E-state index contributed by atoms with van der Waals surface area (Å²) < 4.78 is 38.6. The van der Waals surface area contributed by atoms with Crippen molar-refractivity contribution in [2.45, 2.75) is 26.4 Å². The van der Waals surface area contributed by atoms with E-state index in [4.69, 9.17) is 0 Å². The summed E-state index contributed by atoms with van der Waals surface area (Å²) in [4.78, 5) is 17.3. The second-order valence-electron chi connectivity index (χ2n) is 4.79. The van der Waals surface area contributed by atoms with Crippen LogP contribution in [0.25, 0.3) is 0 Å². The Morgan fingerprint density at radius 3 is 2.55 bits per heavy atom. The Balaban J connectivity index is 2.03. The SMILES string of the molecule is Cc1nc(C)c(CCNC(=O)c2ccccc2C(F)(F)F)s1. The Hall–Kier alpha value is -1.89. The standard InChI is InChI=1S/C15H15F3N2OS/c1-9-13(22-10(2)20-9)7-8-19-14(21)11-5-3-4-6-12(11)15(16,17)18/h3-6H,7-8H2,1-2H3,(H,19,21). The number of thiazole rings is 1. The summed E-state index contributed by atoms with van der Waals surface area (Å²) in [6.45, 7) is 4.03. The third kappa shape index (κ3) is 3.85. The van der Waals surface area contributed by atoms with E-state index in [1.54, 1.807) is 0 Å². The lowest BCUT2D eigenvalue weighted by Crippen LogP contribution is -2.28. The average Bonchev–Trinajstić information content (AvgIpc) is 2.76. The van der Waals surface area contributed by atoms with Crippen LogP contribution in [0.2, 0.25) is 0 Å². The number of carbonyl (C=O) groups is 1. The van der Waals surface area contributed by atoms with Crippen molar-refractivity contribution >= 4 is 17.2 Å². The molecule has 0 aliphatic heterocycles. The van der Waals surface area contributed by atoms with Gasteiger partial charge in [0.25, 0.3) is 5.91 Å². The van der Waals surface area contributed by atoms with Crippen LogP contribution in [-0.4, -0.2) is 17.4 Å². The van der Waals surface area contributed by atoms with Crippen LogP contribution in [-0.2, 0) is 12.6 Å². The van der Waals surface area contributed by atoms with Gasteiger partial charge in [-0.2, -0.15) is 13.2 Å². The van der Waals surface area contributed by atoms with Crippen LogP contribution in [0.1, 0.15) is 31.5 Å². The van der Waals surface area contributed by atoms with Gasteiger partial charge in [0.2, 0.25) is 0 Å². The molecule has 2 aromatic rings. The summed E-state index contributed by atoms with van der Waals surface area (Å²) in [5, 5.41) is 3.47. The highest BCUT2D eigenvalue weighted by molar-refractivity contribution is 7.11. The van der Waals surface area contributed by atoms with E-state index in [1.807, 2.05) is 13.8 Å². The zero-order chi connectivity index (χ0) is 16.3. The van der Waals surface area contributed by atoms with Gasteiger partial charge in [0, 0.05) is 17.8 Å². The highest BCUT2D eigenvalue weighted by atomic mass is 32.1. The van der Waals surface area contributed by atoms with Crippen LogP contribution in [0, 0.1) is 13.8 Å². The molecule has 1 N–H and O–H groups in total. The fourth-order valence-electron chi connectivity index (χ4n) is 2.12. The van der Waals surface area contributed by atoms with Crippen molar-refractivity contribution in [3.05, 3.63) is 51.0 Å². The number of aryl methyl sites for hydroxylation is 2. The molecule has 0 spiro atoms. The lowest BCUT2D eigenvalue weighted by molar-refractivity contribution is -0.137. The number of hydrogen-bond acceptors (Lipinski definition) is 3. The third-order valence-corrected chi connectivity index (χ3v) is 4.25. The maximum absolute atomic E-state index is 12.9. The highest BCUT2D eigenvalue weighted by Crippen LogP contribution is 2.31. The van der Waals surface area contributed by atoms with Crippen LogP contribution in [0.3, 0.4) is 0 Å². The van der Waals surface area contributed by atoms with Gasteiger partial charge in [-0.3, -0.25) is 4.79 Å². The summed E-state index contributed by atoms with van der Waals surface area (Å²) in [6.07, 6.45) is -3.99. The minimum Gasteiger partial charge on any atom is -0.352 e. The molecule has 0 aliphatic carbocycles. The molecule has 1 heterocycles. The number of alkyl halides is 3. The molecule has 0 saturated carbocycles. The number of halogens is 3. The molecule has 1 aromatic carbocycles. The molecule has 1 aromatic heterocycles. The van der Waals surface area contributed by atoms with E-state index in [0.29, 0.717) is 6.42 Å². The smallest absolute Gasteiger partial charge is 0.352 e. The van der Waals surface area contributed by atoms with Gasteiger partial charge >= 0.3 is 6.18 Å². The fraction of sp³-hybridized carbons (Fsp3) is 0.333. The van der Waals surface area contributed by atoms with Gasteiger partial charge in [-0.05, 0) is 26.0 Å². The number of benzene rings is 1. The number of nitrogens with one attached hydrogen (secondary N) is 1. The number of hydrogen-bond donors (Lipinski definition) is 1. The summed E-state index contributed by atoms with van der Waals surface area (Å²) in [5.74, 6) is -0.716. The third-order valence-electron chi connectivity index (χ3n) is 3.11. The average molecular weight is 328 g/mol. The molecule has 2 rings (SSSR count). The first-order valence-corrected chi connectivity index (χ1v) is 7.48. The number of carbonyl (C=O) groups excluding carboxylic acids is 1. The summed E-state index contributed by atoms with van der Waals surface area (Å²) in [7, 11) is 0. The van der Waals surface area contributed by atoms with E-state index >= 15 is 0 Å². The van der Waals surface area contributed by atoms with Gasteiger partial charge < -0.3 is 5.32 Å². The largest absolute Gasteiger partial charge is 0.417 e. The molecular formula is C15H15F3N2OS. The van der Waals surface area contributed by atoms with Crippen molar-refractivity contribution < 1.29 is 18.0 Å². The molecule has 0 saturated heterocycles.